The second-order valence-corrected chi connectivity index (χ2v) is 8.71. The van der Waals surface area contributed by atoms with E-state index in [9.17, 15) is 9.90 Å². The first-order chi connectivity index (χ1) is 12.1. The number of carbonyl (C=O) groups is 1. The van der Waals surface area contributed by atoms with E-state index in [1.807, 2.05) is 6.92 Å². The molecule has 2 aliphatic heterocycles. The number of thioether (sulfide) groups is 2. The minimum atomic E-state index is -0.587. The Morgan fingerprint density at radius 2 is 1.96 bits per heavy atom. The number of rotatable bonds is 8. The molecule has 2 aliphatic rings. The third-order valence-corrected chi connectivity index (χ3v) is 6.89. The number of carbonyl (C=O) groups excluding carboxylic acids is 1. The van der Waals surface area contributed by atoms with Crippen LogP contribution in [-0.4, -0.2) is 52.0 Å². The van der Waals surface area contributed by atoms with Gasteiger partial charge < -0.3 is 14.7 Å². The van der Waals surface area contributed by atoms with Crippen LogP contribution in [0.15, 0.2) is 16.5 Å². The zero-order valence-electron chi connectivity index (χ0n) is 15.2. The van der Waals surface area contributed by atoms with E-state index in [0.717, 1.165) is 48.7 Å². The second kappa shape index (κ2) is 10.4. The largest absolute Gasteiger partial charge is 0.511 e. The van der Waals surface area contributed by atoms with Crippen molar-refractivity contribution in [3.63, 3.8) is 0 Å². The average Bonchev–Trinajstić information content (AvgIpc) is 2.79. The molecule has 1 saturated heterocycles. The molecule has 0 aromatic heterocycles. The standard InChI is InChI=1S/C18H29NO4S2/c1-3-5-6-8-22-19-14(7-4-2)16-15(20)11-18(23-17(16)21)12-24-9-10-25-13-18/h20H,3-13H2,1-2H3/b19-14+. The number of nitrogens with zero attached hydrogens (tertiary/aromatic N) is 1. The van der Waals surface area contributed by atoms with Gasteiger partial charge in [-0.15, -0.1) is 0 Å². The van der Waals surface area contributed by atoms with Crippen LogP contribution in [0.2, 0.25) is 0 Å². The van der Waals surface area contributed by atoms with Crippen LogP contribution in [0.4, 0.5) is 0 Å². The maximum absolute atomic E-state index is 12.6. The van der Waals surface area contributed by atoms with Crippen LogP contribution >= 0.6 is 23.5 Å². The summed E-state index contributed by atoms with van der Waals surface area (Å²) in [6.07, 6.45) is 4.91. The molecule has 0 radical (unpaired) electrons. The number of aliphatic hydroxyl groups is 1. The van der Waals surface area contributed by atoms with Gasteiger partial charge in [0.1, 0.15) is 23.5 Å². The Kier molecular flexibility index (Phi) is 8.49. The molecule has 1 fully saturated rings. The van der Waals surface area contributed by atoms with E-state index in [2.05, 4.69) is 12.1 Å². The number of unbranched alkanes of at least 4 members (excludes halogenated alkanes) is 2. The zero-order valence-corrected chi connectivity index (χ0v) is 16.8. The molecule has 0 aromatic carbocycles. The molecule has 1 spiro atoms. The van der Waals surface area contributed by atoms with Crippen LogP contribution in [0.5, 0.6) is 0 Å². The van der Waals surface area contributed by atoms with Crippen molar-refractivity contribution in [1.29, 1.82) is 0 Å². The highest BCUT2D eigenvalue weighted by Crippen LogP contribution is 2.37. The highest BCUT2D eigenvalue weighted by atomic mass is 32.2. The first-order valence-corrected chi connectivity index (χ1v) is 11.4. The Bertz CT molecular complexity index is 511. The first-order valence-electron chi connectivity index (χ1n) is 9.12. The molecule has 1 N–H and O–H groups in total. The van der Waals surface area contributed by atoms with E-state index in [-0.39, 0.29) is 11.3 Å². The van der Waals surface area contributed by atoms with E-state index >= 15 is 0 Å². The van der Waals surface area contributed by atoms with Crippen molar-refractivity contribution in [1.82, 2.24) is 0 Å². The quantitative estimate of drug-likeness (QED) is 0.289. The molecule has 5 nitrogen and oxygen atoms in total. The first kappa shape index (κ1) is 20.5. The summed E-state index contributed by atoms with van der Waals surface area (Å²) in [5.74, 6) is 3.21. The summed E-state index contributed by atoms with van der Waals surface area (Å²) < 4.78 is 5.82. The molecule has 2 heterocycles. The van der Waals surface area contributed by atoms with Gasteiger partial charge in [0.15, 0.2) is 0 Å². The second-order valence-electron chi connectivity index (χ2n) is 6.50. The molecule has 0 amide bonds. The number of esters is 1. The Balaban J connectivity index is 2.13. The van der Waals surface area contributed by atoms with Gasteiger partial charge in [-0.2, -0.15) is 23.5 Å². The number of oxime groups is 1. The molecule has 0 atom stereocenters. The SMILES string of the molecule is CCCCCO/N=C(\CCC)C1=C(O)CC2(CSCCSC2)OC1=O. The van der Waals surface area contributed by atoms with E-state index in [1.54, 1.807) is 23.5 Å². The third kappa shape index (κ3) is 5.84. The molecular formula is C18H29NO4S2. The highest BCUT2D eigenvalue weighted by Gasteiger charge is 2.43. The van der Waals surface area contributed by atoms with Crippen LogP contribution in [0.25, 0.3) is 0 Å². The molecule has 0 aliphatic carbocycles. The lowest BCUT2D eigenvalue weighted by Gasteiger charge is -2.35. The molecule has 0 bridgehead atoms. The smallest absolute Gasteiger partial charge is 0.344 e. The van der Waals surface area contributed by atoms with Gasteiger partial charge in [0, 0.05) is 29.4 Å². The topological polar surface area (TPSA) is 68.1 Å². The molecule has 0 aromatic rings. The van der Waals surface area contributed by atoms with Gasteiger partial charge >= 0.3 is 5.97 Å². The van der Waals surface area contributed by atoms with Crippen molar-refractivity contribution in [3.05, 3.63) is 11.3 Å². The van der Waals surface area contributed by atoms with E-state index in [1.165, 1.54) is 0 Å². The predicted molar refractivity (Wildman–Crippen MR) is 106 cm³/mol. The van der Waals surface area contributed by atoms with Crippen molar-refractivity contribution in [2.45, 2.75) is 58.0 Å². The number of hydrogen-bond acceptors (Lipinski definition) is 7. The zero-order chi connectivity index (χ0) is 18.1. The van der Waals surface area contributed by atoms with E-state index < -0.39 is 11.6 Å². The van der Waals surface area contributed by atoms with Gasteiger partial charge in [-0.25, -0.2) is 4.79 Å². The van der Waals surface area contributed by atoms with Gasteiger partial charge in [-0.1, -0.05) is 38.3 Å². The molecule has 7 heteroatoms. The Labute approximate surface area is 159 Å². The summed E-state index contributed by atoms with van der Waals surface area (Å²) in [4.78, 5) is 18.0. The Morgan fingerprint density at radius 3 is 2.56 bits per heavy atom. The summed E-state index contributed by atoms with van der Waals surface area (Å²) >= 11 is 3.56. The van der Waals surface area contributed by atoms with Crippen LogP contribution < -0.4 is 0 Å². The third-order valence-electron chi connectivity index (χ3n) is 4.18. The van der Waals surface area contributed by atoms with Crippen molar-refractivity contribution < 1.29 is 19.5 Å². The summed E-state index contributed by atoms with van der Waals surface area (Å²) in [5, 5.41) is 14.8. The molecule has 0 saturated carbocycles. The van der Waals surface area contributed by atoms with E-state index in [0.29, 0.717) is 25.2 Å². The molecular weight excluding hydrogens is 358 g/mol. The molecule has 2 rings (SSSR count). The minimum Gasteiger partial charge on any atom is -0.511 e. The molecule has 25 heavy (non-hydrogen) atoms. The highest BCUT2D eigenvalue weighted by molar-refractivity contribution is 8.03. The van der Waals surface area contributed by atoms with Crippen molar-refractivity contribution in [2.75, 3.05) is 29.6 Å². The summed E-state index contributed by atoms with van der Waals surface area (Å²) in [6.45, 7) is 4.67. The van der Waals surface area contributed by atoms with Crippen LogP contribution in [0, 0.1) is 0 Å². The van der Waals surface area contributed by atoms with Crippen LogP contribution in [-0.2, 0) is 14.4 Å². The number of ether oxygens (including phenoxy) is 1. The van der Waals surface area contributed by atoms with E-state index in [4.69, 9.17) is 9.57 Å². The monoisotopic (exact) mass is 387 g/mol. The Morgan fingerprint density at radius 1 is 1.24 bits per heavy atom. The molecule has 142 valence electrons. The summed E-state index contributed by atoms with van der Waals surface area (Å²) in [7, 11) is 0. The normalized spacial score (nSPS) is 21.2. The van der Waals surface area contributed by atoms with Crippen molar-refractivity contribution in [3.8, 4) is 0 Å². The van der Waals surface area contributed by atoms with Crippen molar-refractivity contribution in [2.24, 2.45) is 5.16 Å². The van der Waals surface area contributed by atoms with Gasteiger partial charge in [-0.3, -0.25) is 0 Å². The lowest BCUT2D eigenvalue weighted by Crippen LogP contribution is -2.45. The maximum atomic E-state index is 12.6. The van der Waals surface area contributed by atoms with Crippen LogP contribution in [0.3, 0.4) is 0 Å². The predicted octanol–water partition coefficient (Wildman–Crippen LogP) is 4.33. The van der Waals surface area contributed by atoms with Gasteiger partial charge in [0.25, 0.3) is 0 Å². The fraction of sp³-hybridized carbons (Fsp3) is 0.778. The van der Waals surface area contributed by atoms with Crippen molar-refractivity contribution >= 4 is 35.2 Å². The number of hydrogen-bond donors (Lipinski definition) is 1. The fourth-order valence-corrected chi connectivity index (χ4v) is 5.54. The lowest BCUT2D eigenvalue weighted by molar-refractivity contribution is -0.152. The van der Waals surface area contributed by atoms with Crippen LogP contribution in [0.1, 0.15) is 52.4 Å². The average molecular weight is 388 g/mol. The fourth-order valence-electron chi connectivity index (χ4n) is 2.91. The molecule has 0 unspecified atom stereocenters. The lowest BCUT2D eigenvalue weighted by atomic mass is 9.93. The maximum Gasteiger partial charge on any atom is 0.344 e. The number of aliphatic hydroxyl groups excluding tert-OH is 1. The summed E-state index contributed by atoms with van der Waals surface area (Å²) in [5.41, 5.74) is 0.128. The minimum absolute atomic E-state index is 0.101. The van der Waals surface area contributed by atoms with Gasteiger partial charge in [0.05, 0.1) is 5.71 Å². The summed E-state index contributed by atoms with van der Waals surface area (Å²) in [6, 6.07) is 0. The van der Waals surface area contributed by atoms with Gasteiger partial charge in [0.2, 0.25) is 0 Å². The Hall–Kier alpha value is -0.820. The van der Waals surface area contributed by atoms with Gasteiger partial charge in [-0.05, 0) is 12.8 Å².